The number of halogens is 1. The highest BCUT2D eigenvalue weighted by Crippen LogP contribution is 2.23. The fraction of sp³-hybridized carbons (Fsp3) is 0.625. The average molecular weight is 343 g/mol. The number of nitrogens with zero attached hydrogens (tertiary/aromatic N) is 2. The molecule has 2 rings (SSSR count). The van der Waals surface area contributed by atoms with Crippen LogP contribution in [0.5, 0.6) is 5.75 Å². The Morgan fingerprint density at radius 3 is 2.91 bits per heavy atom. The molecule has 1 saturated heterocycles. The summed E-state index contributed by atoms with van der Waals surface area (Å²) in [5.74, 6) is 0.810. The number of ether oxygens (including phenoxy) is 2. The zero-order valence-electron chi connectivity index (χ0n) is 13.7. The molecule has 2 heterocycles. The molecule has 23 heavy (non-hydrogen) atoms. The van der Waals surface area contributed by atoms with Crippen molar-refractivity contribution in [2.24, 2.45) is 5.92 Å². The highest BCUT2D eigenvalue weighted by atomic mass is 35.5. The number of rotatable bonds is 4. The predicted octanol–water partition coefficient (Wildman–Crippen LogP) is 2.86. The van der Waals surface area contributed by atoms with E-state index >= 15 is 0 Å². The first-order valence-electron chi connectivity index (χ1n) is 7.64. The smallest absolute Gasteiger partial charge is 0.410 e. The van der Waals surface area contributed by atoms with Crippen LogP contribution in [0.4, 0.5) is 4.79 Å². The van der Waals surface area contributed by atoms with Gasteiger partial charge in [0.15, 0.2) is 0 Å². The van der Waals surface area contributed by atoms with Crippen LogP contribution in [0.2, 0.25) is 5.15 Å². The van der Waals surface area contributed by atoms with Crippen LogP contribution in [0.1, 0.15) is 32.8 Å². The van der Waals surface area contributed by atoms with Crippen molar-refractivity contribution >= 4 is 17.7 Å². The highest BCUT2D eigenvalue weighted by molar-refractivity contribution is 6.30. The summed E-state index contributed by atoms with van der Waals surface area (Å²) in [7, 11) is 0. The number of amides is 1. The monoisotopic (exact) mass is 342 g/mol. The Morgan fingerprint density at radius 2 is 2.26 bits per heavy atom. The van der Waals surface area contributed by atoms with E-state index in [0.717, 1.165) is 6.42 Å². The second-order valence-electron chi connectivity index (χ2n) is 6.67. The normalized spacial score (nSPS) is 18.1. The molecule has 0 aliphatic carbocycles. The molecule has 0 unspecified atom stereocenters. The van der Waals surface area contributed by atoms with Gasteiger partial charge in [0, 0.05) is 24.6 Å². The fourth-order valence-electron chi connectivity index (χ4n) is 2.34. The molecule has 1 aromatic rings. The molecule has 6 nitrogen and oxygen atoms in total. The molecule has 1 aliphatic rings. The number of likely N-dealkylation sites (tertiary alicyclic amines) is 1. The van der Waals surface area contributed by atoms with Gasteiger partial charge < -0.3 is 19.5 Å². The third-order valence-corrected chi connectivity index (χ3v) is 3.82. The van der Waals surface area contributed by atoms with Crippen LogP contribution in [0, 0.1) is 5.92 Å². The van der Waals surface area contributed by atoms with E-state index in [1.165, 1.54) is 6.20 Å². The number of pyridine rings is 1. The summed E-state index contributed by atoms with van der Waals surface area (Å²) in [6.45, 7) is 7.15. The van der Waals surface area contributed by atoms with E-state index in [-0.39, 0.29) is 23.8 Å². The third kappa shape index (κ3) is 5.25. The number of aromatic nitrogens is 1. The molecule has 1 aliphatic heterocycles. The van der Waals surface area contributed by atoms with Crippen molar-refractivity contribution in [3.05, 3.63) is 23.0 Å². The van der Waals surface area contributed by atoms with Crippen LogP contribution in [-0.2, 0) is 11.3 Å². The minimum atomic E-state index is -0.485. The van der Waals surface area contributed by atoms with Gasteiger partial charge in [-0.2, -0.15) is 0 Å². The summed E-state index contributed by atoms with van der Waals surface area (Å²) in [6.07, 6.45) is 2.12. The van der Waals surface area contributed by atoms with Gasteiger partial charge in [0.2, 0.25) is 0 Å². The van der Waals surface area contributed by atoms with Gasteiger partial charge >= 0.3 is 6.09 Å². The average Bonchev–Trinajstić information content (AvgIpc) is 2.93. The van der Waals surface area contributed by atoms with Gasteiger partial charge in [0.1, 0.15) is 16.5 Å². The van der Waals surface area contributed by atoms with Gasteiger partial charge in [0.05, 0.1) is 19.4 Å². The lowest BCUT2D eigenvalue weighted by Gasteiger charge is -2.24. The van der Waals surface area contributed by atoms with E-state index in [4.69, 9.17) is 21.1 Å². The molecule has 7 heteroatoms. The van der Waals surface area contributed by atoms with E-state index in [1.807, 2.05) is 20.8 Å². The zero-order chi connectivity index (χ0) is 17.0. The minimum absolute atomic E-state index is 0.182. The lowest BCUT2D eigenvalue weighted by atomic mass is 10.1. The summed E-state index contributed by atoms with van der Waals surface area (Å²) >= 11 is 5.85. The van der Waals surface area contributed by atoms with Crippen LogP contribution in [0.3, 0.4) is 0 Å². The van der Waals surface area contributed by atoms with Crippen LogP contribution < -0.4 is 4.74 Å². The Morgan fingerprint density at radius 1 is 1.52 bits per heavy atom. The van der Waals surface area contributed by atoms with Gasteiger partial charge in [-0.25, -0.2) is 9.78 Å². The molecule has 0 bridgehead atoms. The summed E-state index contributed by atoms with van der Waals surface area (Å²) < 4.78 is 11.1. The molecule has 0 aromatic carbocycles. The van der Waals surface area contributed by atoms with Crippen LogP contribution >= 0.6 is 11.6 Å². The lowest BCUT2D eigenvalue weighted by molar-refractivity contribution is 0.0284. The van der Waals surface area contributed by atoms with E-state index in [1.54, 1.807) is 11.0 Å². The quantitative estimate of drug-likeness (QED) is 0.852. The van der Waals surface area contributed by atoms with E-state index < -0.39 is 5.60 Å². The van der Waals surface area contributed by atoms with Gasteiger partial charge in [-0.15, -0.1) is 0 Å². The topological polar surface area (TPSA) is 71.9 Å². The maximum Gasteiger partial charge on any atom is 0.410 e. The Kier molecular flexibility index (Phi) is 5.70. The van der Waals surface area contributed by atoms with Crippen molar-refractivity contribution in [2.75, 3.05) is 19.7 Å². The number of carbonyl (C=O) groups excluding carboxylic acids is 1. The highest BCUT2D eigenvalue weighted by Gasteiger charge is 2.30. The molecule has 0 saturated carbocycles. The molecule has 128 valence electrons. The van der Waals surface area contributed by atoms with Crippen molar-refractivity contribution in [1.29, 1.82) is 0 Å². The minimum Gasteiger partial charge on any atom is -0.492 e. The van der Waals surface area contributed by atoms with Gasteiger partial charge in [-0.3, -0.25) is 0 Å². The number of carbonyl (C=O) groups is 1. The lowest BCUT2D eigenvalue weighted by Crippen LogP contribution is -2.35. The molecule has 1 fully saturated rings. The molecule has 1 N–H and O–H groups in total. The SMILES string of the molecule is CC(C)(C)OC(=O)N1CC[C@H](COc2cnc(Cl)c(CO)c2)C1. The Labute approximate surface area is 141 Å². The third-order valence-electron chi connectivity index (χ3n) is 3.48. The van der Waals surface area contributed by atoms with Crippen LogP contribution in [-0.4, -0.2) is 46.4 Å². The summed E-state index contributed by atoms with van der Waals surface area (Å²) in [4.78, 5) is 17.7. The Bertz CT molecular complexity index is 560. The molecular formula is C16H23ClN2O4. The van der Waals surface area contributed by atoms with Crippen molar-refractivity contribution in [2.45, 2.75) is 39.4 Å². The molecule has 1 amide bonds. The van der Waals surface area contributed by atoms with Crippen molar-refractivity contribution in [3.63, 3.8) is 0 Å². The van der Waals surface area contributed by atoms with Crippen molar-refractivity contribution in [1.82, 2.24) is 9.88 Å². The first-order chi connectivity index (χ1) is 10.8. The standard InChI is InChI=1S/C16H23ClN2O4/c1-16(2,3)23-15(21)19-5-4-11(8-19)10-22-13-6-12(9-20)14(17)18-7-13/h6-7,11,20H,4-5,8-10H2,1-3H3/t11-/m0/s1. The first kappa shape index (κ1) is 17.8. The predicted molar refractivity (Wildman–Crippen MR) is 86.6 cm³/mol. The van der Waals surface area contributed by atoms with Gasteiger partial charge in [-0.05, 0) is 33.3 Å². The number of hydrogen-bond donors (Lipinski definition) is 1. The van der Waals surface area contributed by atoms with Crippen LogP contribution in [0.25, 0.3) is 0 Å². The number of aliphatic hydroxyl groups is 1. The summed E-state index contributed by atoms with van der Waals surface area (Å²) in [6, 6.07) is 1.68. The Balaban J connectivity index is 1.83. The Hall–Kier alpha value is -1.53. The number of hydrogen-bond acceptors (Lipinski definition) is 5. The van der Waals surface area contributed by atoms with E-state index in [0.29, 0.717) is 31.0 Å². The van der Waals surface area contributed by atoms with Crippen LogP contribution in [0.15, 0.2) is 12.3 Å². The molecule has 0 radical (unpaired) electrons. The van der Waals surface area contributed by atoms with Gasteiger partial charge in [-0.1, -0.05) is 11.6 Å². The maximum absolute atomic E-state index is 12.0. The largest absolute Gasteiger partial charge is 0.492 e. The van der Waals surface area contributed by atoms with E-state index in [2.05, 4.69) is 4.98 Å². The maximum atomic E-state index is 12.0. The fourth-order valence-corrected chi connectivity index (χ4v) is 2.50. The molecule has 1 aromatic heterocycles. The van der Waals surface area contributed by atoms with E-state index in [9.17, 15) is 9.90 Å². The number of aliphatic hydroxyl groups excluding tert-OH is 1. The zero-order valence-corrected chi connectivity index (χ0v) is 14.5. The summed E-state index contributed by atoms with van der Waals surface area (Å²) in [5.41, 5.74) is 0.0485. The first-order valence-corrected chi connectivity index (χ1v) is 8.02. The van der Waals surface area contributed by atoms with Crippen molar-refractivity contribution in [3.8, 4) is 5.75 Å². The molecule has 0 spiro atoms. The second-order valence-corrected chi connectivity index (χ2v) is 7.03. The molecule has 1 atom stereocenters. The molecular weight excluding hydrogens is 320 g/mol. The summed E-state index contributed by atoms with van der Waals surface area (Å²) in [5, 5.41) is 9.45. The van der Waals surface area contributed by atoms with Gasteiger partial charge in [0.25, 0.3) is 0 Å². The second kappa shape index (κ2) is 7.36. The van der Waals surface area contributed by atoms with Crippen molar-refractivity contribution < 1.29 is 19.4 Å².